The van der Waals surface area contributed by atoms with E-state index in [0.717, 1.165) is 42.2 Å². The fourth-order valence-electron chi connectivity index (χ4n) is 3.93. The zero-order chi connectivity index (χ0) is 24.4. The first-order valence-corrected chi connectivity index (χ1v) is 10.7. The van der Waals surface area contributed by atoms with E-state index in [9.17, 15) is 26.3 Å². The van der Waals surface area contributed by atoms with Crippen molar-refractivity contribution in [1.82, 2.24) is 0 Å². The van der Waals surface area contributed by atoms with Crippen LogP contribution in [0.5, 0.6) is 5.75 Å². The zero-order valence-electron chi connectivity index (χ0n) is 18.1. The smallest absolute Gasteiger partial charge is 0.387 e. The predicted octanol–water partition coefficient (Wildman–Crippen LogP) is 8.67. The minimum Gasteiger partial charge on any atom is -0.429 e. The molecule has 0 spiro atoms. The number of alkyl halides is 2. The second-order valence-electron chi connectivity index (χ2n) is 7.96. The van der Waals surface area contributed by atoms with Crippen LogP contribution < -0.4 is 4.74 Å². The molecule has 0 radical (unpaired) electrons. The Bertz CT molecular complexity index is 1300. The van der Waals surface area contributed by atoms with Crippen molar-refractivity contribution in [3.05, 3.63) is 89.5 Å². The summed E-state index contributed by atoms with van der Waals surface area (Å²) in [5.74, 6) is -6.40. The van der Waals surface area contributed by atoms with Crippen LogP contribution in [0.2, 0.25) is 0 Å². The van der Waals surface area contributed by atoms with Crippen LogP contribution in [0.3, 0.4) is 0 Å². The summed E-state index contributed by atoms with van der Waals surface area (Å²) >= 11 is 0. The molecule has 7 heteroatoms. The molecule has 0 bridgehead atoms. The number of rotatable bonds is 7. The first-order chi connectivity index (χ1) is 16.3. The Morgan fingerprint density at radius 3 is 1.88 bits per heavy atom. The fraction of sp³-hybridized carbons (Fsp3) is 0.185. The molecule has 0 saturated heterocycles. The number of ether oxygens (including phenoxy) is 1. The van der Waals surface area contributed by atoms with E-state index >= 15 is 0 Å². The van der Waals surface area contributed by atoms with Gasteiger partial charge in [-0.1, -0.05) is 43.7 Å². The molecular weight excluding hydrogens is 454 g/mol. The molecule has 1 nitrogen and oxygen atoms in total. The van der Waals surface area contributed by atoms with Gasteiger partial charge in [-0.2, -0.15) is 8.78 Å². The third-order valence-corrected chi connectivity index (χ3v) is 5.59. The molecule has 176 valence electrons. The van der Waals surface area contributed by atoms with Crippen LogP contribution in [0, 0.1) is 23.3 Å². The Hall–Kier alpha value is -3.48. The van der Waals surface area contributed by atoms with Gasteiger partial charge in [-0.05, 0) is 76.2 Å². The van der Waals surface area contributed by atoms with Gasteiger partial charge in [-0.3, -0.25) is 0 Å². The van der Waals surface area contributed by atoms with Crippen molar-refractivity contribution in [2.75, 3.05) is 0 Å². The number of fused-ring (bicyclic) bond motifs is 1. The summed E-state index contributed by atoms with van der Waals surface area (Å²) < 4.78 is 86.4. The largest absolute Gasteiger partial charge is 0.429 e. The van der Waals surface area contributed by atoms with Crippen LogP contribution in [-0.4, -0.2) is 6.61 Å². The molecule has 4 rings (SSSR count). The summed E-state index contributed by atoms with van der Waals surface area (Å²) in [4.78, 5) is 0. The first kappa shape index (κ1) is 23.7. The lowest BCUT2D eigenvalue weighted by Gasteiger charge is -2.12. The molecule has 4 aromatic carbocycles. The van der Waals surface area contributed by atoms with Gasteiger partial charge in [0.1, 0.15) is 11.6 Å². The number of benzene rings is 4. The van der Waals surface area contributed by atoms with E-state index in [-0.39, 0.29) is 5.56 Å². The molecule has 0 atom stereocenters. The Morgan fingerprint density at radius 1 is 0.676 bits per heavy atom. The van der Waals surface area contributed by atoms with Gasteiger partial charge in [-0.25, -0.2) is 17.6 Å². The van der Waals surface area contributed by atoms with Gasteiger partial charge in [0.15, 0.2) is 17.4 Å². The Kier molecular flexibility index (Phi) is 6.82. The molecule has 4 aromatic rings. The number of hydrogen-bond acceptors (Lipinski definition) is 1. The van der Waals surface area contributed by atoms with Crippen molar-refractivity contribution < 1.29 is 31.1 Å². The van der Waals surface area contributed by atoms with Crippen LogP contribution in [0.15, 0.2) is 60.7 Å². The van der Waals surface area contributed by atoms with Gasteiger partial charge in [0.25, 0.3) is 0 Å². The van der Waals surface area contributed by atoms with E-state index < -0.39 is 46.8 Å². The van der Waals surface area contributed by atoms with Crippen molar-refractivity contribution in [2.24, 2.45) is 0 Å². The molecule has 0 aromatic heterocycles. The summed E-state index contributed by atoms with van der Waals surface area (Å²) in [6, 6.07) is 14.7. The SMILES string of the molecule is CCCCc1ccc2cc(-c3cc(F)c(-c4cc(F)c(OC(F)F)c(F)c4)c(F)c3)ccc2c1. The average Bonchev–Trinajstić information content (AvgIpc) is 2.79. The monoisotopic (exact) mass is 474 g/mol. The molecule has 0 N–H and O–H groups in total. The summed E-state index contributed by atoms with van der Waals surface area (Å²) in [5, 5.41) is 1.91. The molecule has 34 heavy (non-hydrogen) atoms. The first-order valence-electron chi connectivity index (χ1n) is 10.7. The second kappa shape index (κ2) is 9.79. The maximum atomic E-state index is 14.9. The van der Waals surface area contributed by atoms with E-state index in [2.05, 4.69) is 17.7 Å². The molecule has 0 amide bonds. The lowest BCUT2D eigenvalue weighted by Crippen LogP contribution is -2.06. The van der Waals surface area contributed by atoms with Crippen molar-refractivity contribution in [1.29, 1.82) is 0 Å². The minimum atomic E-state index is -3.45. The van der Waals surface area contributed by atoms with Crippen LogP contribution in [-0.2, 0) is 6.42 Å². The number of hydrogen-bond donors (Lipinski definition) is 0. The second-order valence-corrected chi connectivity index (χ2v) is 7.96. The number of aryl methyl sites for hydroxylation is 1. The molecular formula is C27H20F6O. The van der Waals surface area contributed by atoms with E-state index in [0.29, 0.717) is 17.7 Å². The highest BCUT2D eigenvalue weighted by Crippen LogP contribution is 2.35. The van der Waals surface area contributed by atoms with Crippen LogP contribution in [0.25, 0.3) is 33.0 Å². The van der Waals surface area contributed by atoms with E-state index in [4.69, 9.17) is 0 Å². The lowest BCUT2D eigenvalue weighted by molar-refractivity contribution is -0.0546. The van der Waals surface area contributed by atoms with Gasteiger partial charge in [0.05, 0.1) is 5.56 Å². The molecule has 0 saturated carbocycles. The maximum absolute atomic E-state index is 14.9. The molecule has 0 fully saturated rings. The summed E-state index contributed by atoms with van der Waals surface area (Å²) in [6.07, 6.45) is 3.16. The van der Waals surface area contributed by atoms with Crippen LogP contribution in [0.1, 0.15) is 25.3 Å². The van der Waals surface area contributed by atoms with Gasteiger partial charge >= 0.3 is 6.61 Å². The van der Waals surface area contributed by atoms with Crippen LogP contribution in [0.4, 0.5) is 26.3 Å². The summed E-state index contributed by atoms with van der Waals surface area (Å²) in [7, 11) is 0. The molecule has 0 aliphatic rings. The van der Waals surface area contributed by atoms with Crippen molar-refractivity contribution in [2.45, 2.75) is 32.8 Å². The minimum absolute atomic E-state index is 0.245. The third-order valence-electron chi connectivity index (χ3n) is 5.59. The van der Waals surface area contributed by atoms with E-state index in [1.807, 2.05) is 24.3 Å². The third kappa shape index (κ3) is 4.88. The van der Waals surface area contributed by atoms with E-state index in [1.54, 1.807) is 6.07 Å². The quantitative estimate of drug-likeness (QED) is 0.244. The Balaban J connectivity index is 1.70. The van der Waals surface area contributed by atoms with E-state index in [1.165, 1.54) is 5.56 Å². The lowest BCUT2D eigenvalue weighted by atomic mass is 9.96. The number of halogens is 6. The van der Waals surface area contributed by atoms with Gasteiger partial charge < -0.3 is 4.74 Å². The highest BCUT2D eigenvalue weighted by Gasteiger charge is 2.21. The number of unbranched alkanes of at least 4 members (excludes halogenated alkanes) is 1. The van der Waals surface area contributed by atoms with Gasteiger partial charge in [0, 0.05) is 0 Å². The summed E-state index contributed by atoms with van der Waals surface area (Å²) in [6.45, 7) is -1.33. The van der Waals surface area contributed by atoms with Crippen molar-refractivity contribution in [3.8, 4) is 28.0 Å². The normalized spacial score (nSPS) is 11.4. The van der Waals surface area contributed by atoms with Crippen molar-refractivity contribution in [3.63, 3.8) is 0 Å². The van der Waals surface area contributed by atoms with Crippen LogP contribution >= 0.6 is 0 Å². The molecule has 0 aliphatic carbocycles. The average molecular weight is 474 g/mol. The topological polar surface area (TPSA) is 9.23 Å². The molecule has 0 aliphatic heterocycles. The Labute approximate surface area is 192 Å². The Morgan fingerprint density at radius 2 is 1.26 bits per heavy atom. The van der Waals surface area contributed by atoms with Gasteiger partial charge in [0.2, 0.25) is 0 Å². The summed E-state index contributed by atoms with van der Waals surface area (Å²) in [5.41, 5.74) is 0.876. The maximum Gasteiger partial charge on any atom is 0.387 e. The highest BCUT2D eigenvalue weighted by atomic mass is 19.3. The van der Waals surface area contributed by atoms with Crippen molar-refractivity contribution >= 4 is 10.8 Å². The zero-order valence-corrected chi connectivity index (χ0v) is 18.1. The molecule has 0 heterocycles. The standard InChI is InChI=1S/C27H20F6O/c1-2-3-4-15-5-6-17-10-18(8-7-16(17)9-15)19-11-21(28)25(22(29)12-19)20-13-23(30)26(24(31)14-20)34-27(32)33/h5-14,27H,2-4H2,1H3. The molecule has 0 unspecified atom stereocenters. The van der Waals surface area contributed by atoms with Gasteiger partial charge in [-0.15, -0.1) is 0 Å². The highest BCUT2D eigenvalue weighted by molar-refractivity contribution is 5.88. The fourth-order valence-corrected chi connectivity index (χ4v) is 3.93. The predicted molar refractivity (Wildman–Crippen MR) is 120 cm³/mol.